The summed E-state index contributed by atoms with van der Waals surface area (Å²) in [5.74, 6) is -0.793. The molecule has 0 aliphatic heterocycles. The highest BCUT2D eigenvalue weighted by molar-refractivity contribution is 7.15. The number of aromatic nitrogens is 1. The lowest BCUT2D eigenvalue weighted by molar-refractivity contribution is -0.137. The highest BCUT2D eigenvalue weighted by atomic mass is 35.5. The summed E-state index contributed by atoms with van der Waals surface area (Å²) in [7, 11) is 0. The number of nitrogens with one attached hydrogen (secondary N) is 2. The zero-order chi connectivity index (χ0) is 19.9. The van der Waals surface area contributed by atoms with Gasteiger partial charge in [-0.05, 0) is 42.7 Å². The number of carbonyl (C=O) groups excluding carboxylic acids is 1. The minimum Gasteiger partial charge on any atom is -0.481 e. The van der Waals surface area contributed by atoms with E-state index in [4.69, 9.17) is 16.7 Å². The first-order chi connectivity index (χ1) is 13.5. The van der Waals surface area contributed by atoms with Crippen LogP contribution in [0.1, 0.15) is 17.8 Å². The van der Waals surface area contributed by atoms with Crippen LogP contribution in [0.3, 0.4) is 0 Å². The molecular weight excluding hydrogens is 398 g/mol. The Hall–Kier alpha value is -2.90. The van der Waals surface area contributed by atoms with Gasteiger partial charge in [-0.2, -0.15) is 0 Å². The molecule has 0 atom stereocenters. The van der Waals surface area contributed by atoms with Gasteiger partial charge < -0.3 is 15.7 Å². The molecule has 28 heavy (non-hydrogen) atoms. The predicted octanol–water partition coefficient (Wildman–Crippen LogP) is 5.51. The van der Waals surface area contributed by atoms with Gasteiger partial charge in [0.25, 0.3) is 0 Å². The summed E-state index contributed by atoms with van der Waals surface area (Å²) in [5, 5.41) is 15.6. The number of aryl methyl sites for hydroxylation is 1. The van der Waals surface area contributed by atoms with E-state index in [1.807, 2.05) is 24.3 Å². The Balaban J connectivity index is 1.57. The Morgan fingerprint density at radius 2 is 1.82 bits per heavy atom. The average Bonchev–Trinajstić information content (AvgIpc) is 3.13. The number of carboxylic acid groups (broad SMARTS) is 1. The molecule has 0 bridgehead atoms. The molecule has 0 spiro atoms. The SMILES string of the molecule is O=C(O)CCCc1ncc(-c2ccc(NC(=O)Nc3ccccc3Cl)cc2)s1. The largest absolute Gasteiger partial charge is 0.481 e. The maximum atomic E-state index is 12.1. The van der Waals surface area contributed by atoms with Crippen molar-refractivity contribution in [2.24, 2.45) is 0 Å². The van der Waals surface area contributed by atoms with Crippen molar-refractivity contribution in [2.45, 2.75) is 19.3 Å². The summed E-state index contributed by atoms with van der Waals surface area (Å²) in [6, 6.07) is 14.1. The fourth-order valence-electron chi connectivity index (χ4n) is 2.52. The Kier molecular flexibility index (Phi) is 6.62. The fraction of sp³-hybridized carbons (Fsp3) is 0.150. The molecule has 0 aliphatic carbocycles. The minimum atomic E-state index is -0.793. The topological polar surface area (TPSA) is 91.3 Å². The fourth-order valence-corrected chi connectivity index (χ4v) is 3.66. The summed E-state index contributed by atoms with van der Waals surface area (Å²) in [6.45, 7) is 0. The van der Waals surface area contributed by atoms with E-state index < -0.39 is 5.97 Å². The zero-order valence-electron chi connectivity index (χ0n) is 14.8. The van der Waals surface area contributed by atoms with Gasteiger partial charge in [0.05, 0.1) is 20.6 Å². The summed E-state index contributed by atoms with van der Waals surface area (Å²) < 4.78 is 0. The highest BCUT2D eigenvalue weighted by Gasteiger charge is 2.08. The van der Waals surface area contributed by atoms with E-state index in [1.165, 1.54) is 0 Å². The van der Waals surface area contributed by atoms with Gasteiger partial charge in [0.2, 0.25) is 0 Å². The molecule has 2 amide bonds. The standard InChI is InChI=1S/C20H18ClN3O3S/c21-15-4-1-2-5-16(15)24-20(27)23-14-10-8-13(9-11-14)17-12-22-18(28-17)6-3-7-19(25)26/h1-2,4-5,8-12H,3,6-7H2,(H,25,26)(H2,23,24,27). The van der Waals surface area contributed by atoms with E-state index in [1.54, 1.807) is 41.8 Å². The molecule has 6 nitrogen and oxygen atoms in total. The zero-order valence-corrected chi connectivity index (χ0v) is 16.4. The van der Waals surface area contributed by atoms with E-state index in [2.05, 4.69) is 15.6 Å². The Morgan fingerprint density at radius 3 is 2.54 bits per heavy atom. The third kappa shape index (κ3) is 5.55. The first-order valence-electron chi connectivity index (χ1n) is 8.61. The van der Waals surface area contributed by atoms with Crippen LogP contribution < -0.4 is 10.6 Å². The van der Waals surface area contributed by atoms with Gasteiger partial charge in [-0.1, -0.05) is 35.9 Å². The number of aliphatic carboxylic acids is 1. The maximum absolute atomic E-state index is 12.1. The van der Waals surface area contributed by atoms with Gasteiger partial charge in [0, 0.05) is 18.3 Å². The third-order valence-electron chi connectivity index (χ3n) is 3.88. The average molecular weight is 416 g/mol. The number of amides is 2. The molecule has 2 aromatic carbocycles. The molecule has 3 aromatic rings. The number of nitrogens with zero attached hydrogens (tertiary/aromatic N) is 1. The molecule has 1 heterocycles. The highest BCUT2D eigenvalue weighted by Crippen LogP contribution is 2.28. The summed E-state index contributed by atoms with van der Waals surface area (Å²) in [4.78, 5) is 28.0. The monoisotopic (exact) mass is 415 g/mol. The molecule has 0 radical (unpaired) electrons. The number of benzene rings is 2. The second kappa shape index (κ2) is 9.34. The van der Waals surface area contributed by atoms with Crippen LogP contribution >= 0.6 is 22.9 Å². The van der Waals surface area contributed by atoms with Gasteiger partial charge in [-0.25, -0.2) is 9.78 Å². The molecule has 0 saturated heterocycles. The maximum Gasteiger partial charge on any atom is 0.323 e. The van der Waals surface area contributed by atoms with Crippen LogP contribution in [-0.4, -0.2) is 22.1 Å². The van der Waals surface area contributed by atoms with Gasteiger partial charge in [0.1, 0.15) is 0 Å². The van der Waals surface area contributed by atoms with Crippen molar-refractivity contribution < 1.29 is 14.7 Å². The normalized spacial score (nSPS) is 10.5. The van der Waals surface area contributed by atoms with E-state index in [0.29, 0.717) is 29.2 Å². The minimum absolute atomic E-state index is 0.144. The van der Waals surface area contributed by atoms with Crippen molar-refractivity contribution in [2.75, 3.05) is 10.6 Å². The van der Waals surface area contributed by atoms with Crippen molar-refractivity contribution in [1.29, 1.82) is 0 Å². The number of urea groups is 1. The van der Waals surface area contributed by atoms with Gasteiger partial charge in [-0.15, -0.1) is 11.3 Å². The van der Waals surface area contributed by atoms with E-state index in [0.717, 1.165) is 15.4 Å². The summed E-state index contributed by atoms with van der Waals surface area (Å²) in [6.07, 6.45) is 3.16. The third-order valence-corrected chi connectivity index (χ3v) is 5.32. The lowest BCUT2D eigenvalue weighted by Crippen LogP contribution is -2.19. The summed E-state index contributed by atoms with van der Waals surface area (Å²) >= 11 is 7.58. The van der Waals surface area contributed by atoms with Gasteiger partial charge in [-0.3, -0.25) is 4.79 Å². The number of anilines is 2. The lowest BCUT2D eigenvalue weighted by atomic mass is 10.2. The number of hydrogen-bond acceptors (Lipinski definition) is 4. The quantitative estimate of drug-likeness (QED) is 0.474. The number of para-hydroxylation sites is 1. The molecule has 0 unspecified atom stereocenters. The smallest absolute Gasteiger partial charge is 0.323 e. The summed E-state index contributed by atoms with van der Waals surface area (Å²) in [5.41, 5.74) is 2.18. The Bertz CT molecular complexity index is 973. The Labute approximate surface area is 171 Å². The van der Waals surface area contributed by atoms with Crippen molar-refractivity contribution in [3.63, 3.8) is 0 Å². The van der Waals surface area contributed by atoms with E-state index >= 15 is 0 Å². The predicted molar refractivity (Wildman–Crippen MR) is 112 cm³/mol. The molecule has 0 aliphatic rings. The molecular formula is C20H18ClN3O3S. The molecule has 8 heteroatoms. The number of thiazole rings is 1. The second-order valence-electron chi connectivity index (χ2n) is 6.00. The van der Waals surface area contributed by atoms with E-state index in [9.17, 15) is 9.59 Å². The van der Waals surface area contributed by atoms with Crippen molar-refractivity contribution in [3.8, 4) is 10.4 Å². The van der Waals surface area contributed by atoms with Crippen LogP contribution in [0, 0.1) is 0 Å². The number of hydrogen-bond donors (Lipinski definition) is 3. The molecule has 1 aromatic heterocycles. The number of rotatable bonds is 7. The van der Waals surface area contributed by atoms with Crippen molar-refractivity contribution in [3.05, 3.63) is 64.8 Å². The van der Waals surface area contributed by atoms with E-state index in [-0.39, 0.29) is 12.5 Å². The number of carbonyl (C=O) groups is 2. The molecule has 3 rings (SSSR count). The van der Waals surface area contributed by atoms with Crippen LogP contribution in [0.15, 0.2) is 54.7 Å². The number of halogens is 1. The van der Waals surface area contributed by atoms with Crippen LogP contribution in [0.4, 0.5) is 16.2 Å². The van der Waals surface area contributed by atoms with Crippen molar-refractivity contribution in [1.82, 2.24) is 4.98 Å². The second-order valence-corrected chi connectivity index (χ2v) is 7.52. The molecule has 144 valence electrons. The van der Waals surface area contributed by atoms with Crippen LogP contribution in [-0.2, 0) is 11.2 Å². The van der Waals surface area contributed by atoms with Gasteiger partial charge in [0.15, 0.2) is 0 Å². The first kappa shape index (κ1) is 19.9. The Morgan fingerprint density at radius 1 is 1.07 bits per heavy atom. The molecule has 0 fully saturated rings. The van der Waals surface area contributed by atoms with Crippen LogP contribution in [0.5, 0.6) is 0 Å². The van der Waals surface area contributed by atoms with Crippen LogP contribution in [0.2, 0.25) is 5.02 Å². The lowest BCUT2D eigenvalue weighted by Gasteiger charge is -2.09. The van der Waals surface area contributed by atoms with Crippen molar-refractivity contribution >= 4 is 46.3 Å². The molecule has 3 N–H and O–H groups in total. The first-order valence-corrected chi connectivity index (χ1v) is 9.80. The molecule has 0 saturated carbocycles. The number of carboxylic acids is 1. The van der Waals surface area contributed by atoms with Gasteiger partial charge >= 0.3 is 12.0 Å². The van der Waals surface area contributed by atoms with Crippen LogP contribution in [0.25, 0.3) is 10.4 Å².